The molecule has 0 amide bonds. The van der Waals surface area contributed by atoms with Crippen molar-refractivity contribution in [1.82, 2.24) is 10.2 Å². The molecule has 0 spiro atoms. The lowest BCUT2D eigenvalue weighted by atomic mass is 10.1. The number of nitrogens with zero attached hydrogens (tertiary/aromatic N) is 1. The van der Waals surface area contributed by atoms with E-state index in [2.05, 4.69) is 30.1 Å². The molecule has 1 unspecified atom stereocenters. The Morgan fingerprint density at radius 1 is 1.29 bits per heavy atom. The average Bonchev–Trinajstić information content (AvgIpc) is 2.99. The lowest BCUT2D eigenvalue weighted by molar-refractivity contribution is 0.191. The third-order valence-electron chi connectivity index (χ3n) is 4.21. The van der Waals surface area contributed by atoms with Gasteiger partial charge in [0.2, 0.25) is 0 Å². The molecule has 1 fully saturated rings. The molecule has 0 saturated carbocycles. The third kappa shape index (κ3) is 4.35. The van der Waals surface area contributed by atoms with Gasteiger partial charge >= 0.3 is 0 Å². The molecule has 4 heteroatoms. The van der Waals surface area contributed by atoms with Gasteiger partial charge in [0.1, 0.15) is 11.5 Å². The maximum Gasteiger partial charge on any atom is 0.123 e. The van der Waals surface area contributed by atoms with Crippen molar-refractivity contribution in [1.29, 1.82) is 0 Å². The summed E-state index contributed by atoms with van der Waals surface area (Å²) in [5.74, 6) is 1.81. The fourth-order valence-corrected chi connectivity index (χ4v) is 2.88. The number of hydrogen-bond acceptors (Lipinski definition) is 4. The Bertz CT molecular complexity index is 442. The summed E-state index contributed by atoms with van der Waals surface area (Å²) in [6.45, 7) is 7.62. The van der Waals surface area contributed by atoms with Gasteiger partial charge in [-0.15, -0.1) is 0 Å². The van der Waals surface area contributed by atoms with E-state index in [1.54, 1.807) is 14.2 Å². The highest BCUT2D eigenvalue weighted by Gasteiger charge is 2.21. The van der Waals surface area contributed by atoms with E-state index >= 15 is 0 Å². The molecular formula is C17H28N2O2. The van der Waals surface area contributed by atoms with Crippen LogP contribution in [0.1, 0.15) is 32.3 Å². The summed E-state index contributed by atoms with van der Waals surface area (Å²) in [5.41, 5.74) is 1.18. The van der Waals surface area contributed by atoms with Gasteiger partial charge in [0, 0.05) is 30.7 Å². The van der Waals surface area contributed by atoms with E-state index in [9.17, 15) is 0 Å². The van der Waals surface area contributed by atoms with E-state index in [-0.39, 0.29) is 0 Å². The van der Waals surface area contributed by atoms with Crippen LogP contribution >= 0.6 is 0 Å². The van der Waals surface area contributed by atoms with Gasteiger partial charge in [-0.1, -0.05) is 0 Å². The number of nitrogens with one attached hydrogen (secondary N) is 1. The first-order valence-electron chi connectivity index (χ1n) is 7.82. The fraction of sp³-hybridized carbons (Fsp3) is 0.647. The van der Waals surface area contributed by atoms with E-state index < -0.39 is 0 Å². The zero-order chi connectivity index (χ0) is 15.2. The predicted molar refractivity (Wildman–Crippen MR) is 86.1 cm³/mol. The molecule has 2 rings (SSSR count). The molecule has 21 heavy (non-hydrogen) atoms. The molecule has 1 aliphatic heterocycles. The summed E-state index contributed by atoms with van der Waals surface area (Å²) in [5, 5.41) is 3.58. The monoisotopic (exact) mass is 292 g/mol. The van der Waals surface area contributed by atoms with E-state index in [0.29, 0.717) is 12.1 Å². The minimum atomic E-state index is 0.503. The van der Waals surface area contributed by atoms with Crippen LogP contribution in [0.2, 0.25) is 0 Å². The second-order valence-electron chi connectivity index (χ2n) is 5.99. The highest BCUT2D eigenvalue weighted by molar-refractivity contribution is 5.40. The quantitative estimate of drug-likeness (QED) is 0.838. The first kappa shape index (κ1) is 16.1. The van der Waals surface area contributed by atoms with E-state index in [1.165, 1.54) is 18.4 Å². The first-order chi connectivity index (χ1) is 10.1. The molecule has 1 aromatic carbocycles. The zero-order valence-corrected chi connectivity index (χ0v) is 13.7. The van der Waals surface area contributed by atoms with Crippen molar-refractivity contribution in [3.8, 4) is 11.5 Å². The van der Waals surface area contributed by atoms with Crippen LogP contribution in [-0.2, 0) is 6.54 Å². The molecule has 1 N–H and O–H groups in total. The third-order valence-corrected chi connectivity index (χ3v) is 4.21. The molecule has 118 valence electrons. The standard InChI is InChI=1S/C17H28N2O2/c1-13(2)19(12-15-6-5-9-18-15)11-14-10-16(20-3)7-8-17(14)21-4/h7-8,10,13,15,18H,5-6,9,11-12H2,1-4H3. The highest BCUT2D eigenvalue weighted by atomic mass is 16.5. The van der Waals surface area contributed by atoms with Crippen LogP contribution in [0, 0.1) is 0 Å². The Balaban J connectivity index is 2.11. The summed E-state index contributed by atoms with van der Waals surface area (Å²) in [6.07, 6.45) is 2.57. The Hall–Kier alpha value is -1.26. The minimum absolute atomic E-state index is 0.503. The Morgan fingerprint density at radius 3 is 2.67 bits per heavy atom. The molecule has 0 bridgehead atoms. The molecule has 1 atom stereocenters. The molecule has 1 saturated heterocycles. The van der Waals surface area contributed by atoms with Gasteiger partial charge in [-0.2, -0.15) is 0 Å². The highest BCUT2D eigenvalue weighted by Crippen LogP contribution is 2.26. The second-order valence-corrected chi connectivity index (χ2v) is 5.99. The van der Waals surface area contributed by atoms with Crippen molar-refractivity contribution in [2.45, 2.75) is 45.3 Å². The maximum absolute atomic E-state index is 5.50. The Kier molecular flexibility index (Phi) is 5.88. The van der Waals surface area contributed by atoms with Gasteiger partial charge < -0.3 is 14.8 Å². The van der Waals surface area contributed by atoms with Gasteiger partial charge in [0.05, 0.1) is 14.2 Å². The lowest BCUT2D eigenvalue weighted by Gasteiger charge is -2.30. The Labute approximate surface area is 128 Å². The molecule has 1 heterocycles. The maximum atomic E-state index is 5.50. The van der Waals surface area contributed by atoms with E-state index in [1.807, 2.05) is 12.1 Å². The minimum Gasteiger partial charge on any atom is -0.497 e. The van der Waals surface area contributed by atoms with Crippen LogP contribution in [0.15, 0.2) is 18.2 Å². The summed E-state index contributed by atoms with van der Waals surface area (Å²) < 4.78 is 10.8. The smallest absolute Gasteiger partial charge is 0.123 e. The van der Waals surface area contributed by atoms with Crippen LogP contribution < -0.4 is 14.8 Å². The molecule has 0 aromatic heterocycles. The number of hydrogen-bond donors (Lipinski definition) is 1. The number of benzene rings is 1. The molecule has 0 aliphatic carbocycles. The summed E-state index contributed by atoms with van der Waals surface area (Å²) in [7, 11) is 3.43. The van der Waals surface area contributed by atoms with Crippen LogP contribution in [0.4, 0.5) is 0 Å². The fourth-order valence-electron chi connectivity index (χ4n) is 2.88. The van der Waals surface area contributed by atoms with Crippen molar-refractivity contribution < 1.29 is 9.47 Å². The van der Waals surface area contributed by atoms with Crippen molar-refractivity contribution >= 4 is 0 Å². The molecule has 1 aromatic rings. The second kappa shape index (κ2) is 7.66. The van der Waals surface area contributed by atoms with Crippen LogP contribution in [-0.4, -0.2) is 44.3 Å². The van der Waals surface area contributed by atoms with Crippen molar-refractivity contribution in [2.75, 3.05) is 27.3 Å². The van der Waals surface area contributed by atoms with Crippen LogP contribution in [0.3, 0.4) is 0 Å². The normalized spacial score (nSPS) is 18.5. The van der Waals surface area contributed by atoms with Crippen LogP contribution in [0.25, 0.3) is 0 Å². The van der Waals surface area contributed by atoms with Gasteiger partial charge in [-0.05, 0) is 51.4 Å². The number of rotatable bonds is 7. The van der Waals surface area contributed by atoms with E-state index in [0.717, 1.165) is 31.1 Å². The van der Waals surface area contributed by atoms with Gasteiger partial charge in [0.15, 0.2) is 0 Å². The topological polar surface area (TPSA) is 33.7 Å². The largest absolute Gasteiger partial charge is 0.497 e. The zero-order valence-electron chi connectivity index (χ0n) is 13.7. The molecule has 1 aliphatic rings. The molecule has 0 radical (unpaired) electrons. The van der Waals surface area contributed by atoms with Gasteiger partial charge in [-0.3, -0.25) is 4.90 Å². The average molecular weight is 292 g/mol. The predicted octanol–water partition coefficient (Wildman–Crippen LogP) is 2.67. The van der Waals surface area contributed by atoms with Crippen molar-refractivity contribution in [2.24, 2.45) is 0 Å². The van der Waals surface area contributed by atoms with Crippen LogP contribution in [0.5, 0.6) is 11.5 Å². The van der Waals surface area contributed by atoms with Gasteiger partial charge in [-0.25, -0.2) is 0 Å². The number of methoxy groups -OCH3 is 2. The number of ether oxygens (including phenoxy) is 2. The Morgan fingerprint density at radius 2 is 2.10 bits per heavy atom. The summed E-state index contributed by atoms with van der Waals surface area (Å²) in [4.78, 5) is 2.50. The first-order valence-corrected chi connectivity index (χ1v) is 7.82. The molecular weight excluding hydrogens is 264 g/mol. The van der Waals surface area contributed by atoms with Gasteiger partial charge in [0.25, 0.3) is 0 Å². The van der Waals surface area contributed by atoms with E-state index in [4.69, 9.17) is 9.47 Å². The summed E-state index contributed by atoms with van der Waals surface area (Å²) in [6, 6.07) is 7.13. The SMILES string of the molecule is COc1ccc(OC)c(CN(CC2CCCN2)C(C)C)c1. The van der Waals surface area contributed by atoms with Crippen molar-refractivity contribution in [3.63, 3.8) is 0 Å². The lowest BCUT2D eigenvalue weighted by Crippen LogP contribution is -2.40. The summed E-state index contributed by atoms with van der Waals surface area (Å²) >= 11 is 0. The molecule has 4 nitrogen and oxygen atoms in total. The van der Waals surface area contributed by atoms with Crippen molar-refractivity contribution in [3.05, 3.63) is 23.8 Å².